The predicted molar refractivity (Wildman–Crippen MR) is 117 cm³/mol. The van der Waals surface area contributed by atoms with Gasteiger partial charge in [0.2, 0.25) is 5.95 Å². The fourth-order valence-electron chi connectivity index (χ4n) is 2.79. The summed E-state index contributed by atoms with van der Waals surface area (Å²) in [7, 11) is 4.90. The summed E-state index contributed by atoms with van der Waals surface area (Å²) < 4.78 is 15.4. The van der Waals surface area contributed by atoms with Crippen LogP contribution in [0, 0.1) is 0 Å². The van der Waals surface area contributed by atoms with Gasteiger partial charge in [-0.25, -0.2) is 14.7 Å². The molecule has 2 aromatic rings. The van der Waals surface area contributed by atoms with Gasteiger partial charge in [0.15, 0.2) is 0 Å². The number of carbonyl (C=O) groups is 1. The van der Waals surface area contributed by atoms with E-state index in [-0.39, 0.29) is 12.1 Å². The number of hydrogen-bond acceptors (Lipinski definition) is 7. The van der Waals surface area contributed by atoms with Gasteiger partial charge in [0, 0.05) is 45.7 Å². The lowest BCUT2D eigenvalue weighted by Crippen LogP contribution is -2.38. The largest absolute Gasteiger partial charge is 0.497 e. The number of aromatic nitrogens is 2. The van der Waals surface area contributed by atoms with Crippen molar-refractivity contribution in [2.75, 3.05) is 51.3 Å². The molecule has 9 nitrogen and oxygen atoms in total. The summed E-state index contributed by atoms with van der Waals surface area (Å²) in [5.41, 5.74) is 0.666. The van der Waals surface area contributed by atoms with Gasteiger partial charge < -0.3 is 24.8 Å². The van der Waals surface area contributed by atoms with Crippen molar-refractivity contribution in [1.29, 1.82) is 0 Å². The monoisotopic (exact) mass is 417 g/mol. The summed E-state index contributed by atoms with van der Waals surface area (Å²) in [5.74, 6) is 1.58. The van der Waals surface area contributed by atoms with Crippen molar-refractivity contribution in [3.05, 3.63) is 36.5 Å². The molecule has 0 bridgehead atoms. The van der Waals surface area contributed by atoms with E-state index in [2.05, 4.69) is 20.6 Å². The Morgan fingerprint density at radius 3 is 2.53 bits per heavy atom. The van der Waals surface area contributed by atoms with Crippen LogP contribution < -0.4 is 20.3 Å². The number of anilines is 3. The summed E-state index contributed by atoms with van der Waals surface area (Å²) >= 11 is 0. The maximum Gasteiger partial charge on any atom is 0.327 e. The predicted octanol–water partition coefficient (Wildman–Crippen LogP) is 3.21. The second-order valence-corrected chi connectivity index (χ2v) is 6.70. The number of rotatable bonds is 12. The van der Waals surface area contributed by atoms with Crippen molar-refractivity contribution in [2.24, 2.45) is 0 Å². The third kappa shape index (κ3) is 7.16. The van der Waals surface area contributed by atoms with E-state index in [1.807, 2.05) is 19.1 Å². The molecule has 0 radical (unpaired) electrons. The average Bonchev–Trinajstić information content (AvgIpc) is 2.75. The number of methoxy groups -OCH3 is 3. The zero-order valence-corrected chi connectivity index (χ0v) is 18.1. The second-order valence-electron chi connectivity index (χ2n) is 6.70. The standard InChI is InChI=1S/C21H31N5O4/c1-16(15-29-3)24-20-22-13-11-19(25-20)26(17-7-9-18(30-4)10-8-17)21(27)23-12-5-6-14-28-2/h7-11,13,16H,5-6,12,14-15H2,1-4H3,(H,23,27)(H,22,24,25)/t16-/m0/s1. The van der Waals surface area contributed by atoms with Crippen LogP contribution in [0.2, 0.25) is 0 Å². The van der Waals surface area contributed by atoms with E-state index in [0.717, 1.165) is 12.8 Å². The molecule has 1 aromatic heterocycles. The Balaban J connectivity index is 2.23. The quantitative estimate of drug-likeness (QED) is 0.512. The minimum absolute atomic E-state index is 0.0225. The fourth-order valence-corrected chi connectivity index (χ4v) is 2.79. The maximum absolute atomic E-state index is 13.0. The molecular weight excluding hydrogens is 386 g/mol. The smallest absolute Gasteiger partial charge is 0.327 e. The zero-order chi connectivity index (χ0) is 21.8. The number of unbranched alkanes of at least 4 members (excludes halogenated alkanes) is 1. The minimum atomic E-state index is -0.271. The number of urea groups is 1. The molecule has 0 aliphatic heterocycles. The number of amides is 2. The Bertz CT molecular complexity index is 772. The van der Waals surface area contributed by atoms with Crippen LogP contribution in [0.3, 0.4) is 0 Å². The highest BCUT2D eigenvalue weighted by Crippen LogP contribution is 2.26. The first-order chi connectivity index (χ1) is 14.6. The van der Waals surface area contributed by atoms with E-state index >= 15 is 0 Å². The van der Waals surface area contributed by atoms with Crippen LogP contribution in [0.1, 0.15) is 19.8 Å². The van der Waals surface area contributed by atoms with Crippen molar-refractivity contribution < 1.29 is 19.0 Å². The Morgan fingerprint density at radius 1 is 1.10 bits per heavy atom. The molecular formula is C21H31N5O4. The van der Waals surface area contributed by atoms with E-state index in [0.29, 0.717) is 43.0 Å². The summed E-state index contributed by atoms with van der Waals surface area (Å²) in [6.45, 7) is 3.68. The molecule has 0 spiro atoms. The van der Waals surface area contributed by atoms with Gasteiger partial charge in [0.25, 0.3) is 0 Å². The molecule has 2 amide bonds. The lowest BCUT2D eigenvalue weighted by Gasteiger charge is -2.23. The van der Waals surface area contributed by atoms with Gasteiger partial charge in [-0.2, -0.15) is 4.98 Å². The molecule has 0 fully saturated rings. The summed E-state index contributed by atoms with van der Waals surface area (Å²) in [5, 5.41) is 6.12. The second kappa shape index (κ2) is 12.6. The van der Waals surface area contributed by atoms with Crippen molar-refractivity contribution in [3.63, 3.8) is 0 Å². The van der Waals surface area contributed by atoms with Crippen LogP contribution in [0.15, 0.2) is 36.5 Å². The molecule has 2 rings (SSSR count). The first-order valence-corrected chi connectivity index (χ1v) is 9.88. The zero-order valence-electron chi connectivity index (χ0n) is 18.1. The van der Waals surface area contributed by atoms with Gasteiger partial charge in [0.1, 0.15) is 11.6 Å². The van der Waals surface area contributed by atoms with Crippen molar-refractivity contribution in [3.8, 4) is 5.75 Å². The lowest BCUT2D eigenvalue weighted by molar-refractivity contribution is 0.190. The third-order valence-corrected chi connectivity index (χ3v) is 4.25. The lowest BCUT2D eigenvalue weighted by atomic mass is 10.2. The molecule has 2 N–H and O–H groups in total. The molecule has 1 aromatic carbocycles. The van der Waals surface area contributed by atoms with Gasteiger partial charge in [-0.3, -0.25) is 0 Å². The highest BCUT2D eigenvalue weighted by molar-refractivity contribution is 5.98. The maximum atomic E-state index is 13.0. The molecule has 0 aliphatic rings. The highest BCUT2D eigenvalue weighted by atomic mass is 16.5. The van der Waals surface area contributed by atoms with Gasteiger partial charge in [0.05, 0.1) is 19.4 Å². The Labute approximate surface area is 177 Å². The summed E-state index contributed by atoms with van der Waals surface area (Å²) in [6.07, 6.45) is 3.31. The van der Waals surface area contributed by atoms with Gasteiger partial charge in [-0.15, -0.1) is 0 Å². The fraction of sp³-hybridized carbons (Fsp3) is 0.476. The number of ether oxygens (including phenoxy) is 3. The van der Waals surface area contributed by atoms with Crippen LogP contribution in [-0.4, -0.2) is 63.1 Å². The topological polar surface area (TPSA) is 97.8 Å². The molecule has 30 heavy (non-hydrogen) atoms. The Hall–Kier alpha value is -2.91. The van der Waals surface area contributed by atoms with Crippen molar-refractivity contribution in [1.82, 2.24) is 15.3 Å². The molecule has 0 unspecified atom stereocenters. The Kier molecular flexibility index (Phi) is 9.82. The third-order valence-electron chi connectivity index (χ3n) is 4.25. The summed E-state index contributed by atoms with van der Waals surface area (Å²) in [4.78, 5) is 23.3. The highest BCUT2D eigenvalue weighted by Gasteiger charge is 2.20. The molecule has 9 heteroatoms. The van der Waals surface area contributed by atoms with E-state index in [1.165, 1.54) is 4.90 Å². The van der Waals surface area contributed by atoms with Crippen LogP contribution in [-0.2, 0) is 9.47 Å². The van der Waals surface area contributed by atoms with Crippen LogP contribution in [0.4, 0.5) is 22.2 Å². The van der Waals surface area contributed by atoms with Crippen LogP contribution >= 0.6 is 0 Å². The van der Waals surface area contributed by atoms with Gasteiger partial charge in [-0.1, -0.05) is 0 Å². The van der Waals surface area contributed by atoms with Gasteiger partial charge in [-0.05, 0) is 44.0 Å². The first kappa shape index (κ1) is 23.4. The molecule has 0 aliphatic carbocycles. The molecule has 1 atom stereocenters. The molecule has 164 valence electrons. The molecule has 0 saturated carbocycles. The van der Waals surface area contributed by atoms with E-state index in [1.54, 1.807) is 45.7 Å². The van der Waals surface area contributed by atoms with E-state index < -0.39 is 0 Å². The number of nitrogens with one attached hydrogen (secondary N) is 2. The van der Waals surface area contributed by atoms with Gasteiger partial charge >= 0.3 is 6.03 Å². The average molecular weight is 418 g/mol. The molecule has 1 heterocycles. The number of hydrogen-bond donors (Lipinski definition) is 2. The SMILES string of the molecule is COCCCCNC(=O)N(c1ccc(OC)cc1)c1ccnc(N[C@@H](C)COC)n1. The first-order valence-electron chi connectivity index (χ1n) is 9.88. The van der Waals surface area contributed by atoms with Crippen molar-refractivity contribution in [2.45, 2.75) is 25.8 Å². The normalized spacial score (nSPS) is 11.6. The molecule has 0 saturated heterocycles. The summed E-state index contributed by atoms with van der Waals surface area (Å²) in [6, 6.07) is 8.67. The van der Waals surface area contributed by atoms with E-state index in [4.69, 9.17) is 14.2 Å². The number of carbonyl (C=O) groups excluding carboxylic acids is 1. The van der Waals surface area contributed by atoms with E-state index in [9.17, 15) is 4.79 Å². The Morgan fingerprint density at radius 2 is 1.87 bits per heavy atom. The van der Waals surface area contributed by atoms with Crippen LogP contribution in [0.5, 0.6) is 5.75 Å². The van der Waals surface area contributed by atoms with Crippen LogP contribution in [0.25, 0.3) is 0 Å². The number of benzene rings is 1. The minimum Gasteiger partial charge on any atom is -0.497 e. The van der Waals surface area contributed by atoms with Crippen molar-refractivity contribution >= 4 is 23.5 Å². The number of nitrogens with zero attached hydrogens (tertiary/aromatic N) is 3.